The van der Waals surface area contributed by atoms with E-state index in [1.807, 2.05) is 36.4 Å². The summed E-state index contributed by atoms with van der Waals surface area (Å²) in [7, 11) is 1.64. The number of halogens is 1. The van der Waals surface area contributed by atoms with Crippen molar-refractivity contribution in [1.82, 2.24) is 4.98 Å². The predicted molar refractivity (Wildman–Crippen MR) is 98.4 cm³/mol. The number of hydrogen-bond acceptors (Lipinski definition) is 4. The van der Waals surface area contributed by atoms with Gasteiger partial charge in [0.15, 0.2) is 0 Å². The molecule has 4 rings (SSSR count). The van der Waals surface area contributed by atoms with Crippen molar-refractivity contribution in [3.05, 3.63) is 58.2 Å². The van der Waals surface area contributed by atoms with Crippen LogP contribution in [-0.2, 0) is 16.1 Å². The van der Waals surface area contributed by atoms with Crippen molar-refractivity contribution in [3.63, 3.8) is 0 Å². The molecule has 1 atom stereocenters. The molecule has 5 nitrogen and oxygen atoms in total. The van der Waals surface area contributed by atoms with Gasteiger partial charge in [0.1, 0.15) is 11.6 Å². The normalized spacial score (nSPS) is 19.1. The Labute approximate surface area is 154 Å². The number of hydrogen-bond donors (Lipinski definition) is 0. The molecule has 0 spiro atoms. The first kappa shape index (κ1) is 16.3. The van der Waals surface area contributed by atoms with Crippen LogP contribution in [0.5, 0.6) is 5.75 Å². The third-order valence-electron chi connectivity index (χ3n) is 4.54. The SMILES string of the molecule is COc1ccc(CN2C(=O)C3COCC=C3c3cc(Br)cnc32)cc1. The maximum absolute atomic E-state index is 13.1. The lowest BCUT2D eigenvalue weighted by molar-refractivity contribution is -0.122. The molecule has 0 bridgehead atoms. The Hall–Kier alpha value is -2.18. The largest absolute Gasteiger partial charge is 0.497 e. The van der Waals surface area contributed by atoms with Gasteiger partial charge in [-0.15, -0.1) is 0 Å². The molecule has 0 N–H and O–H groups in total. The Kier molecular flexibility index (Phi) is 4.31. The van der Waals surface area contributed by atoms with Crippen LogP contribution in [0.3, 0.4) is 0 Å². The quantitative estimate of drug-likeness (QED) is 0.791. The van der Waals surface area contributed by atoms with Crippen LogP contribution in [0.15, 0.2) is 47.1 Å². The molecule has 6 heteroatoms. The fourth-order valence-corrected chi connectivity index (χ4v) is 3.62. The molecule has 1 amide bonds. The Morgan fingerprint density at radius 2 is 2.16 bits per heavy atom. The van der Waals surface area contributed by atoms with Gasteiger partial charge < -0.3 is 9.47 Å². The second-order valence-corrected chi connectivity index (χ2v) is 6.96. The number of carbonyl (C=O) groups excluding carboxylic acids is 1. The fraction of sp³-hybridized carbons (Fsp3) is 0.263. The van der Waals surface area contributed by atoms with Gasteiger partial charge in [-0.1, -0.05) is 18.2 Å². The minimum absolute atomic E-state index is 0.0316. The summed E-state index contributed by atoms with van der Waals surface area (Å²) in [6, 6.07) is 9.75. The van der Waals surface area contributed by atoms with Crippen LogP contribution < -0.4 is 9.64 Å². The maximum Gasteiger partial charge on any atom is 0.238 e. The van der Waals surface area contributed by atoms with Crippen LogP contribution in [-0.4, -0.2) is 31.2 Å². The number of aromatic nitrogens is 1. The van der Waals surface area contributed by atoms with Crippen LogP contribution in [0.25, 0.3) is 5.57 Å². The highest BCUT2D eigenvalue weighted by Gasteiger charge is 2.38. The lowest BCUT2D eigenvalue weighted by Gasteiger charge is -2.36. The molecular formula is C19H17BrN2O3. The van der Waals surface area contributed by atoms with E-state index in [1.54, 1.807) is 18.2 Å². The number of anilines is 1. The maximum atomic E-state index is 13.1. The second-order valence-electron chi connectivity index (χ2n) is 6.05. The number of pyridine rings is 1. The smallest absolute Gasteiger partial charge is 0.238 e. The zero-order valence-electron chi connectivity index (χ0n) is 13.7. The second kappa shape index (κ2) is 6.61. The van der Waals surface area contributed by atoms with E-state index in [0.717, 1.165) is 26.9 Å². The molecule has 2 aliphatic heterocycles. The lowest BCUT2D eigenvalue weighted by Crippen LogP contribution is -2.43. The average molecular weight is 401 g/mol. The summed E-state index contributed by atoms with van der Waals surface area (Å²) in [6.45, 7) is 1.41. The van der Waals surface area contributed by atoms with Crippen molar-refractivity contribution in [3.8, 4) is 5.75 Å². The summed E-state index contributed by atoms with van der Waals surface area (Å²) >= 11 is 3.49. The summed E-state index contributed by atoms with van der Waals surface area (Å²) in [5.74, 6) is 1.26. The van der Waals surface area contributed by atoms with Gasteiger partial charge >= 0.3 is 0 Å². The monoisotopic (exact) mass is 400 g/mol. The Balaban J connectivity index is 1.75. The van der Waals surface area contributed by atoms with E-state index in [1.165, 1.54) is 0 Å². The van der Waals surface area contributed by atoms with E-state index >= 15 is 0 Å². The van der Waals surface area contributed by atoms with E-state index in [-0.39, 0.29) is 11.8 Å². The van der Waals surface area contributed by atoms with Gasteiger partial charge in [-0.05, 0) is 45.3 Å². The number of amides is 1. The minimum atomic E-state index is -0.268. The van der Waals surface area contributed by atoms with Crippen molar-refractivity contribution < 1.29 is 14.3 Å². The summed E-state index contributed by atoms with van der Waals surface area (Å²) in [5, 5.41) is 0. The van der Waals surface area contributed by atoms with Gasteiger partial charge in [0, 0.05) is 16.2 Å². The van der Waals surface area contributed by atoms with Crippen molar-refractivity contribution >= 4 is 33.2 Å². The zero-order chi connectivity index (χ0) is 17.4. The molecule has 0 radical (unpaired) electrons. The number of fused-ring (bicyclic) bond motifs is 3. The van der Waals surface area contributed by atoms with Crippen molar-refractivity contribution in [2.24, 2.45) is 5.92 Å². The standard InChI is InChI=1S/C19H17BrN2O3/c1-24-14-4-2-12(3-5-14)10-22-18-16(8-13(20)9-21-18)15-6-7-25-11-17(15)19(22)23/h2-6,8-9,17H,7,10-11H2,1H3. The van der Waals surface area contributed by atoms with Gasteiger partial charge in [0.25, 0.3) is 0 Å². The number of rotatable bonds is 3. The third kappa shape index (κ3) is 2.96. The van der Waals surface area contributed by atoms with Gasteiger partial charge in [0.2, 0.25) is 5.91 Å². The Morgan fingerprint density at radius 1 is 1.36 bits per heavy atom. The molecule has 1 aromatic heterocycles. The molecule has 25 heavy (non-hydrogen) atoms. The first-order chi connectivity index (χ1) is 12.2. The number of benzene rings is 1. The molecular weight excluding hydrogens is 384 g/mol. The zero-order valence-corrected chi connectivity index (χ0v) is 15.3. The Bertz CT molecular complexity index is 848. The van der Waals surface area contributed by atoms with Crippen molar-refractivity contribution in [1.29, 1.82) is 0 Å². The topological polar surface area (TPSA) is 51.7 Å². The number of nitrogens with zero attached hydrogens (tertiary/aromatic N) is 2. The van der Waals surface area contributed by atoms with E-state index in [4.69, 9.17) is 9.47 Å². The summed E-state index contributed by atoms with van der Waals surface area (Å²) < 4.78 is 11.6. The van der Waals surface area contributed by atoms with Crippen LogP contribution in [0.4, 0.5) is 5.82 Å². The molecule has 0 saturated heterocycles. The van der Waals surface area contributed by atoms with E-state index in [0.29, 0.717) is 25.6 Å². The summed E-state index contributed by atoms with van der Waals surface area (Å²) in [4.78, 5) is 19.3. The van der Waals surface area contributed by atoms with Gasteiger partial charge in [-0.2, -0.15) is 0 Å². The summed E-state index contributed by atoms with van der Waals surface area (Å²) in [6.07, 6.45) is 3.72. The molecule has 2 aromatic rings. The molecule has 0 fully saturated rings. The predicted octanol–water partition coefficient (Wildman–Crippen LogP) is 3.43. The molecule has 1 aromatic carbocycles. The lowest BCUT2D eigenvalue weighted by atomic mass is 9.86. The Morgan fingerprint density at radius 3 is 2.92 bits per heavy atom. The van der Waals surface area contributed by atoms with Crippen LogP contribution in [0, 0.1) is 5.92 Å². The van der Waals surface area contributed by atoms with Gasteiger partial charge in [-0.3, -0.25) is 9.69 Å². The van der Waals surface area contributed by atoms with E-state index in [9.17, 15) is 4.79 Å². The molecule has 0 aliphatic carbocycles. The highest BCUT2D eigenvalue weighted by molar-refractivity contribution is 9.10. The fourth-order valence-electron chi connectivity index (χ4n) is 3.29. The molecule has 128 valence electrons. The van der Waals surface area contributed by atoms with E-state index < -0.39 is 0 Å². The third-order valence-corrected chi connectivity index (χ3v) is 4.98. The molecule has 0 saturated carbocycles. The van der Waals surface area contributed by atoms with Gasteiger partial charge in [0.05, 0.1) is 32.8 Å². The van der Waals surface area contributed by atoms with Crippen LogP contribution in [0.2, 0.25) is 0 Å². The highest BCUT2D eigenvalue weighted by Crippen LogP contribution is 2.40. The molecule has 1 unspecified atom stereocenters. The average Bonchev–Trinajstić information content (AvgIpc) is 2.66. The number of carbonyl (C=O) groups is 1. The van der Waals surface area contributed by atoms with Gasteiger partial charge in [-0.25, -0.2) is 4.98 Å². The van der Waals surface area contributed by atoms with Crippen molar-refractivity contribution in [2.45, 2.75) is 6.54 Å². The molecule has 3 heterocycles. The number of ether oxygens (including phenoxy) is 2. The highest BCUT2D eigenvalue weighted by atomic mass is 79.9. The minimum Gasteiger partial charge on any atom is -0.497 e. The van der Waals surface area contributed by atoms with Crippen LogP contribution in [0.1, 0.15) is 11.1 Å². The van der Waals surface area contributed by atoms with E-state index in [2.05, 4.69) is 20.9 Å². The number of methoxy groups -OCH3 is 1. The first-order valence-electron chi connectivity index (χ1n) is 8.05. The summed E-state index contributed by atoms with van der Waals surface area (Å²) in [5.41, 5.74) is 3.04. The molecule has 2 aliphatic rings. The van der Waals surface area contributed by atoms with Crippen molar-refractivity contribution in [2.75, 3.05) is 25.2 Å². The first-order valence-corrected chi connectivity index (χ1v) is 8.84. The van der Waals surface area contributed by atoms with Crippen LogP contribution >= 0.6 is 15.9 Å².